The summed E-state index contributed by atoms with van der Waals surface area (Å²) >= 11 is 0. The predicted octanol–water partition coefficient (Wildman–Crippen LogP) is 6.48. The fourth-order valence-corrected chi connectivity index (χ4v) is 3.93. The molecular weight excluding hydrogens is 470 g/mol. The molecule has 0 aliphatic rings. The number of unbranched alkanes of at least 4 members (excludes halogenated alkanes) is 12. The Morgan fingerprint density at radius 1 is 0.595 bits per heavy atom. The lowest BCUT2D eigenvalue weighted by Crippen LogP contribution is -2.37. The van der Waals surface area contributed by atoms with Crippen molar-refractivity contribution in [1.82, 2.24) is 4.90 Å². The summed E-state index contributed by atoms with van der Waals surface area (Å²) in [6.45, 7) is 2.99. The number of allylic oxidation sites excluding steroid dienone is 2. The molecule has 0 spiro atoms. The lowest BCUT2D eigenvalue weighted by Gasteiger charge is -2.24. The standard InChI is InChI=1S/C30H57NO6/c1-31(2)28(27-37-25-21-17-15-19-23-30(33)35-4)26-36-24-20-16-13-11-9-7-5-6-8-10-12-14-18-22-29(32)34-3/h6,8,28H,5,7,9-27H2,1-4H3. The van der Waals surface area contributed by atoms with Gasteiger partial charge in [-0.3, -0.25) is 9.59 Å². The molecule has 7 nitrogen and oxygen atoms in total. The molecule has 0 saturated heterocycles. The first-order valence-corrected chi connectivity index (χ1v) is 14.6. The fourth-order valence-electron chi connectivity index (χ4n) is 3.93. The molecule has 218 valence electrons. The highest BCUT2D eigenvalue weighted by atomic mass is 16.5. The monoisotopic (exact) mass is 527 g/mol. The number of methoxy groups -OCH3 is 2. The summed E-state index contributed by atoms with van der Waals surface area (Å²) < 4.78 is 21.1. The van der Waals surface area contributed by atoms with Crippen molar-refractivity contribution in [3.63, 3.8) is 0 Å². The summed E-state index contributed by atoms with van der Waals surface area (Å²) in [5, 5.41) is 0. The minimum atomic E-state index is -0.123. The molecule has 0 rings (SSSR count). The zero-order chi connectivity index (χ0) is 27.4. The Hall–Kier alpha value is -1.44. The molecule has 0 aromatic rings. The van der Waals surface area contributed by atoms with Crippen LogP contribution in [0.25, 0.3) is 0 Å². The van der Waals surface area contributed by atoms with E-state index in [1.807, 2.05) is 0 Å². The molecule has 1 unspecified atom stereocenters. The second-order valence-electron chi connectivity index (χ2n) is 10.1. The Balaban J connectivity index is 3.46. The van der Waals surface area contributed by atoms with Gasteiger partial charge in [-0.25, -0.2) is 0 Å². The molecular formula is C30H57NO6. The van der Waals surface area contributed by atoms with Gasteiger partial charge in [0.05, 0.1) is 33.5 Å². The number of rotatable bonds is 27. The van der Waals surface area contributed by atoms with Gasteiger partial charge < -0.3 is 23.8 Å². The van der Waals surface area contributed by atoms with Crippen LogP contribution in [0.15, 0.2) is 12.2 Å². The molecule has 0 N–H and O–H groups in total. The molecule has 7 heteroatoms. The summed E-state index contributed by atoms with van der Waals surface area (Å²) in [6.07, 6.45) is 22.7. The van der Waals surface area contributed by atoms with Crippen molar-refractivity contribution in [1.29, 1.82) is 0 Å². The molecule has 0 aliphatic heterocycles. The van der Waals surface area contributed by atoms with Gasteiger partial charge in [-0.1, -0.05) is 57.1 Å². The van der Waals surface area contributed by atoms with Gasteiger partial charge in [-0.2, -0.15) is 0 Å². The first-order valence-electron chi connectivity index (χ1n) is 14.6. The largest absolute Gasteiger partial charge is 0.469 e. The van der Waals surface area contributed by atoms with Crippen LogP contribution < -0.4 is 0 Å². The summed E-state index contributed by atoms with van der Waals surface area (Å²) in [5.41, 5.74) is 0. The number of nitrogens with zero attached hydrogens (tertiary/aromatic N) is 1. The zero-order valence-corrected chi connectivity index (χ0v) is 24.5. The van der Waals surface area contributed by atoms with Crippen LogP contribution >= 0.6 is 0 Å². The summed E-state index contributed by atoms with van der Waals surface area (Å²) in [7, 11) is 7.04. The van der Waals surface area contributed by atoms with Gasteiger partial charge in [0, 0.05) is 26.1 Å². The molecule has 0 heterocycles. The van der Waals surface area contributed by atoms with Crippen molar-refractivity contribution >= 4 is 11.9 Å². The van der Waals surface area contributed by atoms with E-state index in [2.05, 4.69) is 40.6 Å². The van der Waals surface area contributed by atoms with Crippen LogP contribution in [0.4, 0.5) is 0 Å². The van der Waals surface area contributed by atoms with Crippen LogP contribution in [0, 0.1) is 0 Å². The topological polar surface area (TPSA) is 74.3 Å². The molecule has 0 saturated carbocycles. The Bertz CT molecular complexity index is 552. The number of ether oxygens (including phenoxy) is 4. The van der Waals surface area contributed by atoms with E-state index in [4.69, 9.17) is 9.47 Å². The van der Waals surface area contributed by atoms with Gasteiger partial charge in [-0.05, 0) is 65.5 Å². The highest BCUT2D eigenvalue weighted by Crippen LogP contribution is 2.10. The molecule has 0 aromatic carbocycles. The first kappa shape index (κ1) is 35.6. The zero-order valence-electron chi connectivity index (χ0n) is 24.5. The minimum Gasteiger partial charge on any atom is -0.469 e. The third-order valence-corrected chi connectivity index (χ3v) is 6.55. The van der Waals surface area contributed by atoms with Crippen molar-refractivity contribution in [3.05, 3.63) is 12.2 Å². The number of carbonyl (C=O) groups is 2. The number of carbonyl (C=O) groups excluding carboxylic acids is 2. The smallest absolute Gasteiger partial charge is 0.305 e. The Morgan fingerprint density at radius 2 is 0.973 bits per heavy atom. The number of likely N-dealkylation sites (N-methyl/N-ethyl adjacent to an activating group) is 1. The van der Waals surface area contributed by atoms with Crippen molar-refractivity contribution in [2.75, 3.05) is 54.7 Å². The first-order chi connectivity index (χ1) is 18.0. The van der Waals surface area contributed by atoms with Crippen molar-refractivity contribution in [2.24, 2.45) is 0 Å². The van der Waals surface area contributed by atoms with E-state index in [9.17, 15) is 9.59 Å². The maximum Gasteiger partial charge on any atom is 0.305 e. The van der Waals surface area contributed by atoms with Crippen LogP contribution in [0.3, 0.4) is 0 Å². The molecule has 0 aliphatic carbocycles. The Labute approximate surface area is 227 Å². The van der Waals surface area contributed by atoms with Gasteiger partial charge >= 0.3 is 11.9 Å². The van der Waals surface area contributed by atoms with Gasteiger partial charge in [0.1, 0.15) is 0 Å². The predicted molar refractivity (Wildman–Crippen MR) is 151 cm³/mol. The Kier molecular flexibility index (Phi) is 26.5. The van der Waals surface area contributed by atoms with Crippen LogP contribution in [0.5, 0.6) is 0 Å². The molecule has 1 atom stereocenters. The van der Waals surface area contributed by atoms with Crippen LogP contribution in [-0.2, 0) is 28.5 Å². The average Bonchev–Trinajstić information content (AvgIpc) is 2.89. The lowest BCUT2D eigenvalue weighted by molar-refractivity contribution is -0.141. The summed E-state index contributed by atoms with van der Waals surface area (Å²) in [4.78, 5) is 24.3. The number of esters is 2. The number of hydrogen-bond donors (Lipinski definition) is 0. The van der Waals surface area contributed by atoms with E-state index >= 15 is 0 Å². The number of hydrogen-bond acceptors (Lipinski definition) is 7. The van der Waals surface area contributed by atoms with E-state index in [1.165, 1.54) is 52.7 Å². The third kappa shape index (κ3) is 26.0. The summed E-state index contributed by atoms with van der Waals surface area (Å²) in [5.74, 6) is -0.223. The van der Waals surface area contributed by atoms with E-state index in [0.717, 1.165) is 71.0 Å². The maximum absolute atomic E-state index is 11.1. The van der Waals surface area contributed by atoms with Crippen molar-refractivity contribution in [3.8, 4) is 0 Å². The highest BCUT2D eigenvalue weighted by Gasteiger charge is 2.11. The van der Waals surface area contributed by atoms with Crippen LogP contribution in [-0.4, -0.2) is 77.6 Å². The Morgan fingerprint density at radius 3 is 1.41 bits per heavy atom. The molecule has 0 aromatic heterocycles. The summed E-state index contributed by atoms with van der Waals surface area (Å²) in [6, 6.07) is 0.284. The quantitative estimate of drug-likeness (QED) is 0.0687. The van der Waals surface area contributed by atoms with Crippen molar-refractivity contribution in [2.45, 2.75) is 115 Å². The molecule has 37 heavy (non-hydrogen) atoms. The van der Waals surface area contributed by atoms with E-state index in [-0.39, 0.29) is 18.0 Å². The SMILES string of the molecule is COC(=O)CCCCCC=CCCCCCCCCOCC(COCCCCCCC(=O)OC)N(C)C. The van der Waals surface area contributed by atoms with Crippen LogP contribution in [0.2, 0.25) is 0 Å². The van der Waals surface area contributed by atoms with Gasteiger partial charge in [0.2, 0.25) is 0 Å². The second kappa shape index (κ2) is 27.6. The molecule has 0 radical (unpaired) electrons. The van der Waals surface area contributed by atoms with E-state index < -0.39 is 0 Å². The third-order valence-electron chi connectivity index (χ3n) is 6.55. The lowest BCUT2D eigenvalue weighted by atomic mass is 10.1. The fraction of sp³-hybridized carbons (Fsp3) is 0.867. The van der Waals surface area contributed by atoms with E-state index in [0.29, 0.717) is 26.1 Å². The second-order valence-corrected chi connectivity index (χ2v) is 10.1. The molecule has 0 amide bonds. The van der Waals surface area contributed by atoms with Crippen LogP contribution in [0.1, 0.15) is 109 Å². The highest BCUT2D eigenvalue weighted by molar-refractivity contribution is 5.69. The molecule has 0 bridgehead atoms. The maximum atomic E-state index is 11.1. The van der Waals surface area contributed by atoms with Gasteiger partial charge in [0.15, 0.2) is 0 Å². The average molecular weight is 528 g/mol. The van der Waals surface area contributed by atoms with Gasteiger partial charge in [0.25, 0.3) is 0 Å². The van der Waals surface area contributed by atoms with Gasteiger partial charge in [-0.15, -0.1) is 0 Å². The molecule has 0 fully saturated rings. The van der Waals surface area contributed by atoms with Crippen molar-refractivity contribution < 1.29 is 28.5 Å². The van der Waals surface area contributed by atoms with E-state index in [1.54, 1.807) is 0 Å². The normalized spacial score (nSPS) is 12.4. The minimum absolute atomic E-state index is 0.101.